The zero-order chi connectivity index (χ0) is 18.0. The Morgan fingerprint density at radius 2 is 1.80 bits per heavy atom. The van der Waals surface area contributed by atoms with Gasteiger partial charge in [0.2, 0.25) is 0 Å². The third kappa shape index (κ3) is 3.19. The number of carboxylic acids is 1. The van der Waals surface area contributed by atoms with Crippen molar-refractivity contribution in [3.05, 3.63) is 64.8 Å². The monoisotopic (exact) mass is 339 g/mol. The van der Waals surface area contributed by atoms with Gasteiger partial charge in [0.25, 0.3) is 0 Å². The van der Waals surface area contributed by atoms with Gasteiger partial charge in [-0.3, -0.25) is 0 Å². The van der Waals surface area contributed by atoms with Crippen molar-refractivity contribution in [3.8, 4) is 5.75 Å². The Kier molecular flexibility index (Phi) is 4.43. The molecule has 0 unspecified atom stereocenters. The second-order valence-electron chi connectivity index (χ2n) is 5.57. The van der Waals surface area contributed by atoms with E-state index < -0.39 is 11.9 Å². The topological polar surface area (TPSA) is 88.6 Å². The molecule has 0 amide bonds. The molecule has 0 bridgehead atoms. The zero-order valence-electron chi connectivity index (χ0n) is 13.8. The summed E-state index contributed by atoms with van der Waals surface area (Å²) in [7, 11) is 2.87. The molecule has 6 nitrogen and oxygen atoms in total. The number of aromatic amines is 1. The maximum atomic E-state index is 11.6. The van der Waals surface area contributed by atoms with Gasteiger partial charge in [-0.2, -0.15) is 0 Å². The van der Waals surface area contributed by atoms with E-state index in [2.05, 4.69) is 4.98 Å². The molecule has 1 heterocycles. The van der Waals surface area contributed by atoms with Gasteiger partial charge in [0.05, 0.1) is 25.3 Å². The van der Waals surface area contributed by atoms with Crippen molar-refractivity contribution in [2.45, 2.75) is 6.42 Å². The van der Waals surface area contributed by atoms with Gasteiger partial charge in [-0.25, -0.2) is 9.59 Å². The van der Waals surface area contributed by atoms with Crippen LogP contribution < -0.4 is 4.74 Å². The van der Waals surface area contributed by atoms with Crippen LogP contribution >= 0.6 is 0 Å². The average Bonchev–Trinajstić information content (AvgIpc) is 3.03. The fourth-order valence-electron chi connectivity index (χ4n) is 2.80. The summed E-state index contributed by atoms with van der Waals surface area (Å²) in [5.41, 5.74) is 3.35. The van der Waals surface area contributed by atoms with Crippen molar-refractivity contribution in [3.63, 3.8) is 0 Å². The number of aromatic nitrogens is 1. The Labute approximate surface area is 144 Å². The van der Waals surface area contributed by atoms with Crippen LogP contribution in [0.25, 0.3) is 10.9 Å². The Morgan fingerprint density at radius 3 is 2.48 bits per heavy atom. The molecule has 0 fully saturated rings. The van der Waals surface area contributed by atoms with Crippen molar-refractivity contribution < 1.29 is 24.2 Å². The molecule has 0 aliphatic rings. The summed E-state index contributed by atoms with van der Waals surface area (Å²) in [6.45, 7) is 0. The van der Waals surface area contributed by atoms with Crippen LogP contribution in [-0.2, 0) is 11.2 Å². The Balaban J connectivity index is 1.99. The summed E-state index contributed by atoms with van der Waals surface area (Å²) in [5, 5.41) is 10.0. The highest BCUT2D eigenvalue weighted by Crippen LogP contribution is 2.27. The van der Waals surface area contributed by atoms with Crippen molar-refractivity contribution >= 4 is 22.8 Å². The number of H-pyrrole nitrogens is 1. The number of carboxylic acid groups (broad SMARTS) is 1. The van der Waals surface area contributed by atoms with Gasteiger partial charge in [-0.15, -0.1) is 0 Å². The van der Waals surface area contributed by atoms with Gasteiger partial charge in [-0.05, 0) is 41.5 Å². The molecular formula is C19H17NO5. The normalized spacial score (nSPS) is 10.6. The van der Waals surface area contributed by atoms with Crippen LogP contribution in [0.5, 0.6) is 5.75 Å². The summed E-state index contributed by atoms with van der Waals surface area (Å²) in [6.07, 6.45) is 2.39. The smallest absolute Gasteiger partial charge is 0.337 e. The SMILES string of the molecule is COC(=O)c1ccc(Cc2c[nH]c3ccc(C(=O)O)cc23)c(OC)c1. The summed E-state index contributed by atoms with van der Waals surface area (Å²) < 4.78 is 10.1. The molecule has 3 aromatic rings. The van der Waals surface area contributed by atoms with Gasteiger partial charge < -0.3 is 19.6 Å². The minimum Gasteiger partial charge on any atom is -0.496 e. The first-order valence-electron chi connectivity index (χ1n) is 7.62. The Morgan fingerprint density at radius 1 is 1.04 bits per heavy atom. The van der Waals surface area contributed by atoms with Crippen LogP contribution in [0, 0.1) is 0 Å². The Hall–Kier alpha value is -3.28. The molecule has 2 N–H and O–H groups in total. The number of rotatable bonds is 5. The van der Waals surface area contributed by atoms with E-state index in [4.69, 9.17) is 9.47 Å². The lowest BCUT2D eigenvalue weighted by atomic mass is 10.0. The summed E-state index contributed by atoms with van der Waals surface area (Å²) in [5.74, 6) is -0.816. The van der Waals surface area contributed by atoms with Crippen LogP contribution in [0.2, 0.25) is 0 Å². The van der Waals surface area contributed by atoms with Gasteiger partial charge in [0, 0.05) is 23.5 Å². The largest absolute Gasteiger partial charge is 0.496 e. The van der Waals surface area contributed by atoms with E-state index in [1.54, 1.807) is 30.3 Å². The van der Waals surface area contributed by atoms with E-state index in [0.29, 0.717) is 17.7 Å². The molecule has 0 radical (unpaired) electrons. The number of fused-ring (bicyclic) bond motifs is 1. The molecule has 2 aromatic carbocycles. The lowest BCUT2D eigenvalue weighted by Crippen LogP contribution is -2.03. The number of hydrogen-bond acceptors (Lipinski definition) is 4. The number of benzene rings is 2. The highest BCUT2D eigenvalue weighted by atomic mass is 16.5. The van der Waals surface area contributed by atoms with Crippen LogP contribution in [0.1, 0.15) is 31.8 Å². The van der Waals surface area contributed by atoms with E-state index in [1.165, 1.54) is 14.2 Å². The number of carbonyl (C=O) groups excluding carboxylic acids is 1. The van der Waals surface area contributed by atoms with Crippen LogP contribution in [0.4, 0.5) is 0 Å². The molecule has 0 spiro atoms. The number of esters is 1. The second-order valence-corrected chi connectivity index (χ2v) is 5.57. The van der Waals surface area contributed by atoms with Gasteiger partial charge in [0.1, 0.15) is 5.75 Å². The van der Waals surface area contributed by atoms with Crippen LogP contribution in [0.3, 0.4) is 0 Å². The van der Waals surface area contributed by atoms with Crippen molar-refractivity contribution in [1.82, 2.24) is 4.98 Å². The fraction of sp³-hybridized carbons (Fsp3) is 0.158. The van der Waals surface area contributed by atoms with Crippen molar-refractivity contribution in [2.24, 2.45) is 0 Å². The molecule has 0 saturated carbocycles. The molecule has 0 aliphatic heterocycles. The number of methoxy groups -OCH3 is 2. The average molecular weight is 339 g/mol. The standard InChI is InChI=1S/C19H17NO5/c1-24-17-9-13(19(23)25-2)4-3-11(17)7-14-10-20-16-6-5-12(18(21)22)8-15(14)16/h3-6,8-10,20H,7H2,1-2H3,(H,21,22). The minimum absolute atomic E-state index is 0.237. The minimum atomic E-state index is -0.964. The van der Waals surface area contributed by atoms with E-state index >= 15 is 0 Å². The molecule has 0 atom stereocenters. The van der Waals surface area contributed by atoms with Crippen LogP contribution in [-0.4, -0.2) is 36.2 Å². The van der Waals surface area contributed by atoms with E-state index in [9.17, 15) is 14.7 Å². The van der Waals surface area contributed by atoms with Crippen molar-refractivity contribution in [1.29, 1.82) is 0 Å². The highest BCUT2D eigenvalue weighted by molar-refractivity contribution is 5.95. The zero-order valence-corrected chi connectivity index (χ0v) is 13.8. The number of aromatic carboxylic acids is 1. The molecular weight excluding hydrogens is 322 g/mol. The summed E-state index contributed by atoms with van der Waals surface area (Å²) in [6, 6.07) is 10.1. The quantitative estimate of drug-likeness (QED) is 0.697. The van der Waals surface area contributed by atoms with Gasteiger partial charge in [0.15, 0.2) is 0 Å². The first-order valence-corrected chi connectivity index (χ1v) is 7.62. The lowest BCUT2D eigenvalue weighted by Gasteiger charge is -2.10. The first kappa shape index (κ1) is 16.6. The van der Waals surface area contributed by atoms with Gasteiger partial charge in [-0.1, -0.05) is 6.07 Å². The molecule has 1 aromatic heterocycles. The molecule has 0 aliphatic carbocycles. The maximum Gasteiger partial charge on any atom is 0.337 e. The number of ether oxygens (including phenoxy) is 2. The number of nitrogens with one attached hydrogen (secondary N) is 1. The fourth-order valence-corrected chi connectivity index (χ4v) is 2.80. The first-order chi connectivity index (χ1) is 12.0. The van der Waals surface area contributed by atoms with E-state index in [0.717, 1.165) is 22.0 Å². The van der Waals surface area contributed by atoms with Crippen LogP contribution in [0.15, 0.2) is 42.6 Å². The third-order valence-electron chi connectivity index (χ3n) is 4.10. The third-order valence-corrected chi connectivity index (χ3v) is 4.10. The van der Waals surface area contributed by atoms with E-state index in [-0.39, 0.29) is 5.56 Å². The molecule has 3 rings (SSSR count). The number of hydrogen-bond donors (Lipinski definition) is 2. The molecule has 0 saturated heterocycles. The number of carbonyl (C=O) groups is 2. The van der Waals surface area contributed by atoms with Crippen molar-refractivity contribution in [2.75, 3.05) is 14.2 Å². The molecule has 6 heteroatoms. The summed E-state index contributed by atoms with van der Waals surface area (Å²) in [4.78, 5) is 26.0. The second kappa shape index (κ2) is 6.68. The highest BCUT2D eigenvalue weighted by Gasteiger charge is 2.14. The lowest BCUT2D eigenvalue weighted by molar-refractivity contribution is 0.0599. The summed E-state index contributed by atoms with van der Waals surface area (Å²) >= 11 is 0. The molecule has 25 heavy (non-hydrogen) atoms. The van der Waals surface area contributed by atoms with E-state index in [1.807, 2.05) is 12.3 Å². The van der Waals surface area contributed by atoms with Gasteiger partial charge >= 0.3 is 11.9 Å². The molecule has 128 valence electrons. The predicted molar refractivity (Wildman–Crippen MR) is 92.4 cm³/mol. The predicted octanol–water partition coefficient (Wildman–Crippen LogP) is 3.25. The maximum absolute atomic E-state index is 11.6. The Bertz CT molecular complexity index is 958.